The summed E-state index contributed by atoms with van der Waals surface area (Å²) in [5.41, 5.74) is 1.21. The van der Waals surface area contributed by atoms with E-state index in [4.69, 9.17) is 0 Å². The van der Waals surface area contributed by atoms with Crippen molar-refractivity contribution in [2.45, 2.75) is 19.3 Å². The highest BCUT2D eigenvalue weighted by atomic mass is 79.9. The standard InChI is InChI=1S/C17H19BrN2O2S/c1-2-12(13-6-4-3-5-7-13)10-19-16(21)11-20-17(22)14-8-9-15(18)23-14/h3-9,12H,2,10-11H2,1H3,(H,19,21)(H,20,22). The van der Waals surface area contributed by atoms with Crippen molar-refractivity contribution in [3.8, 4) is 0 Å². The first-order valence-corrected chi connectivity index (χ1v) is 9.06. The molecule has 6 heteroatoms. The lowest BCUT2D eigenvalue weighted by Crippen LogP contribution is -2.38. The molecule has 0 aliphatic carbocycles. The Morgan fingerprint density at radius 3 is 2.48 bits per heavy atom. The Balaban J connectivity index is 1.77. The predicted molar refractivity (Wildman–Crippen MR) is 96.8 cm³/mol. The molecule has 2 amide bonds. The van der Waals surface area contributed by atoms with Crippen molar-refractivity contribution in [1.29, 1.82) is 0 Å². The monoisotopic (exact) mass is 394 g/mol. The number of carbonyl (C=O) groups excluding carboxylic acids is 2. The van der Waals surface area contributed by atoms with Gasteiger partial charge in [0.1, 0.15) is 0 Å². The Morgan fingerprint density at radius 2 is 1.87 bits per heavy atom. The van der Waals surface area contributed by atoms with Crippen molar-refractivity contribution < 1.29 is 9.59 Å². The van der Waals surface area contributed by atoms with Crippen LogP contribution >= 0.6 is 27.3 Å². The quantitative estimate of drug-likeness (QED) is 0.754. The maximum Gasteiger partial charge on any atom is 0.261 e. The fraction of sp³-hybridized carbons (Fsp3) is 0.294. The van der Waals surface area contributed by atoms with Crippen LogP contribution in [-0.4, -0.2) is 24.9 Å². The number of carbonyl (C=O) groups is 2. The maximum absolute atomic E-state index is 11.9. The summed E-state index contributed by atoms with van der Waals surface area (Å²) in [4.78, 5) is 24.4. The highest BCUT2D eigenvalue weighted by Crippen LogP contribution is 2.21. The molecule has 2 rings (SSSR count). The second kappa shape index (κ2) is 8.84. The molecule has 0 spiro atoms. The zero-order valence-electron chi connectivity index (χ0n) is 12.8. The zero-order chi connectivity index (χ0) is 16.7. The largest absolute Gasteiger partial charge is 0.354 e. The lowest BCUT2D eigenvalue weighted by atomic mass is 9.96. The molecule has 1 heterocycles. The van der Waals surface area contributed by atoms with Gasteiger partial charge in [-0.1, -0.05) is 37.3 Å². The number of rotatable bonds is 7. The van der Waals surface area contributed by atoms with Crippen LogP contribution in [-0.2, 0) is 4.79 Å². The fourth-order valence-electron chi connectivity index (χ4n) is 2.21. The van der Waals surface area contributed by atoms with Crippen molar-refractivity contribution in [2.24, 2.45) is 0 Å². The van der Waals surface area contributed by atoms with E-state index in [2.05, 4.69) is 45.6 Å². The lowest BCUT2D eigenvalue weighted by molar-refractivity contribution is -0.120. The van der Waals surface area contributed by atoms with E-state index in [-0.39, 0.29) is 24.3 Å². The molecule has 0 saturated heterocycles. The summed E-state index contributed by atoms with van der Waals surface area (Å²) >= 11 is 4.65. The summed E-state index contributed by atoms with van der Waals surface area (Å²) in [6.07, 6.45) is 0.944. The Kier molecular flexibility index (Phi) is 6.80. The van der Waals surface area contributed by atoms with Crippen LogP contribution in [0.2, 0.25) is 0 Å². The number of hydrogen-bond donors (Lipinski definition) is 2. The van der Waals surface area contributed by atoms with E-state index >= 15 is 0 Å². The molecule has 1 unspecified atom stereocenters. The molecule has 0 aliphatic rings. The first-order valence-electron chi connectivity index (χ1n) is 7.45. The molecule has 0 bridgehead atoms. The Bertz CT molecular complexity index is 658. The van der Waals surface area contributed by atoms with Crippen molar-refractivity contribution in [2.75, 3.05) is 13.1 Å². The van der Waals surface area contributed by atoms with Crippen LogP contribution < -0.4 is 10.6 Å². The van der Waals surface area contributed by atoms with Crippen LogP contribution in [0.25, 0.3) is 0 Å². The summed E-state index contributed by atoms with van der Waals surface area (Å²) in [5, 5.41) is 5.52. The normalized spacial score (nSPS) is 11.7. The predicted octanol–water partition coefficient (Wildman–Crippen LogP) is 3.55. The molecule has 2 aromatic rings. The summed E-state index contributed by atoms with van der Waals surface area (Å²) in [6.45, 7) is 2.65. The molecule has 1 aromatic carbocycles. The molecule has 23 heavy (non-hydrogen) atoms. The lowest BCUT2D eigenvalue weighted by Gasteiger charge is -2.16. The fourth-order valence-corrected chi connectivity index (χ4v) is 3.51. The highest BCUT2D eigenvalue weighted by molar-refractivity contribution is 9.11. The number of halogens is 1. The summed E-state index contributed by atoms with van der Waals surface area (Å²) in [6, 6.07) is 13.6. The number of hydrogen-bond acceptors (Lipinski definition) is 3. The topological polar surface area (TPSA) is 58.2 Å². The Morgan fingerprint density at radius 1 is 1.13 bits per heavy atom. The van der Waals surface area contributed by atoms with Gasteiger partial charge in [0, 0.05) is 12.5 Å². The van der Waals surface area contributed by atoms with Gasteiger partial charge in [0.2, 0.25) is 5.91 Å². The van der Waals surface area contributed by atoms with E-state index in [9.17, 15) is 9.59 Å². The molecule has 2 N–H and O–H groups in total. The first-order chi connectivity index (χ1) is 11.1. The third-order valence-electron chi connectivity index (χ3n) is 3.52. The average Bonchev–Trinajstić information content (AvgIpc) is 3.01. The molecule has 0 radical (unpaired) electrons. The maximum atomic E-state index is 11.9. The molecule has 1 atom stereocenters. The van der Waals surface area contributed by atoms with Gasteiger partial charge >= 0.3 is 0 Å². The van der Waals surface area contributed by atoms with E-state index < -0.39 is 0 Å². The molecular formula is C17H19BrN2O2S. The van der Waals surface area contributed by atoms with Crippen LogP contribution in [0.3, 0.4) is 0 Å². The van der Waals surface area contributed by atoms with Gasteiger partial charge < -0.3 is 10.6 Å². The number of thiophene rings is 1. The molecule has 0 fully saturated rings. The molecule has 0 saturated carbocycles. The molecule has 0 aliphatic heterocycles. The van der Waals surface area contributed by atoms with Crippen LogP contribution in [0.1, 0.15) is 34.5 Å². The van der Waals surface area contributed by atoms with Gasteiger partial charge in [0.15, 0.2) is 0 Å². The van der Waals surface area contributed by atoms with Crippen molar-refractivity contribution >= 4 is 39.1 Å². The third kappa shape index (κ3) is 5.48. The van der Waals surface area contributed by atoms with Crippen LogP contribution in [0, 0.1) is 0 Å². The minimum Gasteiger partial charge on any atom is -0.354 e. The number of nitrogens with one attached hydrogen (secondary N) is 2. The van der Waals surface area contributed by atoms with Crippen LogP contribution in [0.5, 0.6) is 0 Å². The van der Waals surface area contributed by atoms with Crippen molar-refractivity contribution in [3.05, 3.63) is 56.7 Å². The second-order valence-electron chi connectivity index (χ2n) is 5.11. The molecule has 122 valence electrons. The smallest absolute Gasteiger partial charge is 0.261 e. The Hall–Kier alpha value is -1.66. The first kappa shape index (κ1) is 17.7. The van der Waals surface area contributed by atoms with E-state index in [1.165, 1.54) is 16.9 Å². The average molecular weight is 395 g/mol. The number of benzene rings is 1. The van der Waals surface area contributed by atoms with Gasteiger partial charge in [-0.15, -0.1) is 11.3 Å². The zero-order valence-corrected chi connectivity index (χ0v) is 15.2. The van der Waals surface area contributed by atoms with Crippen LogP contribution in [0.4, 0.5) is 0 Å². The highest BCUT2D eigenvalue weighted by Gasteiger charge is 2.13. The Labute approximate surface area is 148 Å². The number of amides is 2. The molecular weight excluding hydrogens is 376 g/mol. The SMILES string of the molecule is CCC(CNC(=O)CNC(=O)c1ccc(Br)s1)c1ccccc1. The van der Waals surface area contributed by atoms with Gasteiger partial charge in [-0.25, -0.2) is 0 Å². The van der Waals surface area contributed by atoms with Gasteiger partial charge in [0.25, 0.3) is 5.91 Å². The van der Waals surface area contributed by atoms with Crippen molar-refractivity contribution in [1.82, 2.24) is 10.6 Å². The van der Waals surface area contributed by atoms with E-state index in [0.29, 0.717) is 11.4 Å². The molecule has 4 nitrogen and oxygen atoms in total. The summed E-state index contributed by atoms with van der Waals surface area (Å²) in [5.74, 6) is -0.126. The van der Waals surface area contributed by atoms with Gasteiger partial charge in [0.05, 0.1) is 15.2 Å². The summed E-state index contributed by atoms with van der Waals surface area (Å²) < 4.78 is 0.890. The van der Waals surface area contributed by atoms with Gasteiger partial charge in [-0.05, 0) is 40.0 Å². The van der Waals surface area contributed by atoms with E-state index in [1.807, 2.05) is 24.3 Å². The minimum atomic E-state index is -0.231. The van der Waals surface area contributed by atoms with Gasteiger partial charge in [-0.2, -0.15) is 0 Å². The van der Waals surface area contributed by atoms with Crippen LogP contribution in [0.15, 0.2) is 46.3 Å². The second-order valence-corrected chi connectivity index (χ2v) is 7.57. The van der Waals surface area contributed by atoms with E-state index in [0.717, 1.165) is 10.2 Å². The van der Waals surface area contributed by atoms with Gasteiger partial charge in [-0.3, -0.25) is 9.59 Å². The van der Waals surface area contributed by atoms with Crippen molar-refractivity contribution in [3.63, 3.8) is 0 Å². The summed E-state index contributed by atoms with van der Waals surface area (Å²) in [7, 11) is 0. The van der Waals surface area contributed by atoms with E-state index in [1.54, 1.807) is 6.07 Å². The third-order valence-corrected chi connectivity index (χ3v) is 5.14. The minimum absolute atomic E-state index is 0.0143. The molecule has 1 aromatic heterocycles.